The van der Waals surface area contributed by atoms with Crippen LogP contribution in [0.15, 0.2) is 29.6 Å². The van der Waals surface area contributed by atoms with E-state index < -0.39 is 17.7 Å². The highest BCUT2D eigenvalue weighted by Crippen LogP contribution is 2.37. The molecule has 0 saturated carbocycles. The number of nitrogens with one attached hydrogen (secondary N) is 2. The zero-order chi connectivity index (χ0) is 31.4. The van der Waals surface area contributed by atoms with Crippen molar-refractivity contribution in [2.24, 2.45) is 5.41 Å². The Morgan fingerprint density at radius 3 is 2.40 bits per heavy atom. The third-order valence-electron chi connectivity index (χ3n) is 7.93. The molecule has 0 spiro atoms. The van der Waals surface area contributed by atoms with Crippen LogP contribution in [-0.2, 0) is 14.3 Å². The molecule has 1 aromatic carbocycles. The minimum atomic E-state index is -0.574. The first kappa shape index (κ1) is 33.5. The van der Waals surface area contributed by atoms with Crippen LogP contribution in [0.3, 0.4) is 0 Å². The van der Waals surface area contributed by atoms with Gasteiger partial charge in [0.05, 0.1) is 11.7 Å². The Labute approximate surface area is 253 Å². The van der Waals surface area contributed by atoms with Crippen molar-refractivity contribution in [3.63, 3.8) is 0 Å². The number of hydrogen-bond acceptors (Lipinski definition) is 7. The lowest BCUT2D eigenvalue weighted by Gasteiger charge is -2.32. The lowest BCUT2D eigenvalue weighted by Crippen LogP contribution is -2.51. The number of ether oxygens (including phenoxy) is 1. The van der Waals surface area contributed by atoms with Gasteiger partial charge < -0.3 is 20.3 Å². The number of likely N-dealkylation sites (N-methyl/N-ethyl adjacent to an activating group) is 1. The highest BCUT2D eigenvalue weighted by Gasteiger charge is 2.45. The number of likely N-dealkylation sites (tertiary alicyclic amines) is 1. The van der Waals surface area contributed by atoms with E-state index in [-0.39, 0.29) is 35.1 Å². The van der Waals surface area contributed by atoms with Crippen molar-refractivity contribution >= 4 is 29.7 Å². The minimum Gasteiger partial charge on any atom is -0.444 e. The summed E-state index contributed by atoms with van der Waals surface area (Å²) in [5.74, 6) is -0.181. The summed E-state index contributed by atoms with van der Waals surface area (Å²) in [6, 6.07) is 6.44. The van der Waals surface area contributed by atoms with Gasteiger partial charge in [-0.1, -0.05) is 20.8 Å². The van der Waals surface area contributed by atoms with Gasteiger partial charge >= 0.3 is 6.09 Å². The number of amides is 3. The van der Waals surface area contributed by atoms with Crippen LogP contribution in [0.2, 0.25) is 0 Å². The zero-order valence-corrected chi connectivity index (χ0v) is 27.0. The Morgan fingerprint density at radius 1 is 1.19 bits per heavy atom. The quantitative estimate of drug-likeness (QED) is 0.449. The fraction of sp³-hybridized carbons (Fsp3) is 0.613. The fourth-order valence-corrected chi connectivity index (χ4v) is 5.67. The largest absolute Gasteiger partial charge is 0.444 e. The number of hydrogen-bond donors (Lipinski definition) is 2. The number of thiazole rings is 1. The molecule has 0 aliphatic carbocycles. The molecular weight excluding hydrogens is 557 g/mol. The summed E-state index contributed by atoms with van der Waals surface area (Å²) in [6.07, 6.45) is 1.47. The molecule has 11 heteroatoms. The van der Waals surface area contributed by atoms with Crippen molar-refractivity contribution in [3.05, 3.63) is 41.2 Å². The van der Waals surface area contributed by atoms with Crippen LogP contribution in [0.25, 0.3) is 10.6 Å². The van der Waals surface area contributed by atoms with Crippen molar-refractivity contribution in [1.29, 1.82) is 0 Å². The van der Waals surface area contributed by atoms with Crippen LogP contribution in [0.5, 0.6) is 0 Å². The van der Waals surface area contributed by atoms with Crippen molar-refractivity contribution in [2.45, 2.75) is 97.5 Å². The predicted molar refractivity (Wildman–Crippen MR) is 164 cm³/mol. The van der Waals surface area contributed by atoms with Crippen molar-refractivity contribution in [2.75, 3.05) is 20.1 Å². The third-order valence-corrected chi connectivity index (χ3v) is 8.84. The molecule has 2 aromatic rings. The van der Waals surface area contributed by atoms with E-state index in [0.717, 1.165) is 42.2 Å². The fourth-order valence-electron chi connectivity index (χ4n) is 4.77. The molecule has 2 aliphatic heterocycles. The molecule has 2 N–H and O–H groups in total. The summed E-state index contributed by atoms with van der Waals surface area (Å²) in [5, 5.41) is 9.39. The Balaban J connectivity index is 0.000000232. The molecule has 1 aromatic heterocycles. The van der Waals surface area contributed by atoms with Gasteiger partial charge in [-0.15, -0.1) is 11.3 Å². The van der Waals surface area contributed by atoms with Crippen LogP contribution in [0.1, 0.15) is 73.4 Å². The van der Waals surface area contributed by atoms with E-state index >= 15 is 0 Å². The van der Waals surface area contributed by atoms with E-state index in [1.54, 1.807) is 58.2 Å². The Hall–Kier alpha value is -3.05. The smallest absolute Gasteiger partial charge is 0.410 e. The number of benzene rings is 1. The second-order valence-electron chi connectivity index (χ2n) is 13.2. The molecule has 5 atom stereocenters. The Bertz CT molecular complexity index is 1220. The monoisotopic (exact) mass is 603 g/mol. The molecule has 2 aliphatic rings. The summed E-state index contributed by atoms with van der Waals surface area (Å²) >= 11 is 1.57. The summed E-state index contributed by atoms with van der Waals surface area (Å²) < 4.78 is 18.3. The molecule has 2 saturated heterocycles. The Kier molecular flexibility index (Phi) is 10.8. The maximum atomic E-state index is 13.0. The number of carbonyl (C=O) groups excluding carboxylic acids is 3. The molecular formula is C31H46FN5O4S. The van der Waals surface area contributed by atoms with Gasteiger partial charge in [-0.25, -0.2) is 14.2 Å². The van der Waals surface area contributed by atoms with Crippen LogP contribution < -0.4 is 10.6 Å². The molecule has 4 rings (SSSR count). The molecule has 2 fully saturated rings. The van der Waals surface area contributed by atoms with Gasteiger partial charge in [0, 0.05) is 49.1 Å². The van der Waals surface area contributed by atoms with Crippen LogP contribution in [-0.4, -0.2) is 83.1 Å². The number of halogens is 1. The zero-order valence-electron chi connectivity index (χ0n) is 26.2. The second kappa shape index (κ2) is 13.5. The van der Waals surface area contributed by atoms with Gasteiger partial charge in [-0.2, -0.15) is 0 Å². The Morgan fingerprint density at radius 2 is 1.83 bits per heavy atom. The van der Waals surface area contributed by atoms with Gasteiger partial charge in [0.25, 0.3) is 0 Å². The normalized spacial score (nSPS) is 21.5. The van der Waals surface area contributed by atoms with Gasteiger partial charge in [-0.05, 0) is 70.7 Å². The summed E-state index contributed by atoms with van der Waals surface area (Å²) in [5.41, 5.74) is 1.36. The first-order chi connectivity index (χ1) is 19.5. The van der Waals surface area contributed by atoms with Gasteiger partial charge in [-0.3, -0.25) is 14.5 Å². The highest BCUT2D eigenvalue weighted by molar-refractivity contribution is 7.13. The molecule has 3 amide bonds. The number of nitrogens with zero attached hydrogens (tertiary/aromatic N) is 3. The maximum absolute atomic E-state index is 13.0. The molecule has 232 valence electrons. The average Bonchev–Trinajstić information content (AvgIpc) is 3.64. The van der Waals surface area contributed by atoms with Crippen LogP contribution >= 0.6 is 11.3 Å². The number of fused-ring (bicyclic) bond motifs is 1. The van der Waals surface area contributed by atoms with Crippen molar-refractivity contribution in [3.8, 4) is 10.6 Å². The lowest BCUT2D eigenvalue weighted by molar-refractivity contribution is -0.126. The summed E-state index contributed by atoms with van der Waals surface area (Å²) in [4.78, 5) is 43.2. The van der Waals surface area contributed by atoms with E-state index in [1.165, 1.54) is 17.0 Å². The summed E-state index contributed by atoms with van der Waals surface area (Å²) in [6.45, 7) is 16.9. The van der Waals surface area contributed by atoms with E-state index in [9.17, 15) is 18.8 Å². The standard InChI is InChI=1S/C16H16FN3OS.C15H30N2O3/c17-11-3-1-10(2-4-11)16-19-14(8-22-16)12-7-18-13-5-6-20(9-21)15(12)13;1-10(12(18)16-11(2)14(3,4)5)17(9)13(19)20-15(6,7)8/h1-4,8-9,12-13,15,18H,5-7H2;10-11H,1-9H3,(H,16,18)/t12-,13-,15-;10-,11?/m10/s1. The van der Waals surface area contributed by atoms with E-state index in [1.807, 2.05) is 11.8 Å². The number of carbonyl (C=O) groups is 3. The van der Waals surface area contributed by atoms with E-state index in [2.05, 4.69) is 36.8 Å². The number of rotatable bonds is 6. The average molecular weight is 604 g/mol. The van der Waals surface area contributed by atoms with E-state index in [4.69, 9.17) is 9.72 Å². The maximum Gasteiger partial charge on any atom is 0.410 e. The van der Waals surface area contributed by atoms with Crippen molar-refractivity contribution < 1.29 is 23.5 Å². The van der Waals surface area contributed by atoms with Gasteiger partial charge in [0.15, 0.2) is 0 Å². The molecule has 1 unspecified atom stereocenters. The molecule has 0 bridgehead atoms. The lowest BCUT2D eigenvalue weighted by atomic mass is 9.88. The molecule has 42 heavy (non-hydrogen) atoms. The van der Waals surface area contributed by atoms with Gasteiger partial charge in [0.1, 0.15) is 22.5 Å². The van der Waals surface area contributed by atoms with Crippen molar-refractivity contribution in [1.82, 2.24) is 25.4 Å². The molecule has 3 heterocycles. The van der Waals surface area contributed by atoms with E-state index in [0.29, 0.717) is 6.04 Å². The summed E-state index contributed by atoms with van der Waals surface area (Å²) in [7, 11) is 1.57. The third kappa shape index (κ3) is 8.50. The topological polar surface area (TPSA) is 104 Å². The van der Waals surface area contributed by atoms with Crippen LogP contribution in [0, 0.1) is 11.2 Å². The number of aromatic nitrogens is 1. The highest BCUT2D eigenvalue weighted by atomic mass is 32.1. The first-order valence-corrected chi connectivity index (χ1v) is 15.3. The van der Waals surface area contributed by atoms with Gasteiger partial charge in [0.2, 0.25) is 12.3 Å². The van der Waals surface area contributed by atoms with Crippen LogP contribution in [0.4, 0.5) is 9.18 Å². The minimum absolute atomic E-state index is 0.0180. The first-order valence-electron chi connectivity index (χ1n) is 14.4. The SMILES string of the molecule is CC(NC(=O)[C@H](C)N(C)C(=O)OC(C)(C)C)C(C)(C)C.O=CN1CC[C@H]2NC[C@H](c3csc(-c4ccc(F)cc4)n3)[C@H]21. The molecule has 9 nitrogen and oxygen atoms in total. The molecule has 0 radical (unpaired) electrons. The predicted octanol–water partition coefficient (Wildman–Crippen LogP) is 5.03. The second-order valence-corrected chi connectivity index (χ2v) is 14.0.